The average Bonchev–Trinajstić information content (AvgIpc) is 2.26. The molecule has 0 spiro atoms. The largest absolute Gasteiger partial charge is 0.459 e. The van der Waals surface area contributed by atoms with Gasteiger partial charge in [-0.1, -0.05) is 30.3 Å². The molecule has 0 aliphatic rings. The zero-order chi connectivity index (χ0) is 10.4. The van der Waals surface area contributed by atoms with Gasteiger partial charge in [0, 0.05) is 0 Å². The summed E-state index contributed by atoms with van der Waals surface area (Å²) in [5.41, 5.74) is 0.935. The molecule has 1 aromatic rings. The first-order valence-corrected chi connectivity index (χ1v) is 4.30. The van der Waals surface area contributed by atoms with Gasteiger partial charge in [0.1, 0.15) is 6.61 Å². The Labute approximate surface area is 82.6 Å². The zero-order valence-corrected chi connectivity index (χ0v) is 7.97. The van der Waals surface area contributed by atoms with Crippen LogP contribution in [0.2, 0.25) is 0 Å². The van der Waals surface area contributed by atoms with Gasteiger partial charge in [-0.15, -0.1) is 0 Å². The summed E-state index contributed by atoms with van der Waals surface area (Å²) in [7, 11) is 0. The van der Waals surface area contributed by atoms with Crippen LogP contribution in [-0.2, 0) is 21.0 Å². The molecular formula is C10H13NO3. The fraction of sp³-hybridized carbons (Fsp3) is 0.300. The van der Waals surface area contributed by atoms with Gasteiger partial charge in [0.15, 0.2) is 6.10 Å². The lowest BCUT2D eigenvalue weighted by atomic mass is 10.2. The fourth-order valence-electron chi connectivity index (χ4n) is 0.902. The Morgan fingerprint density at radius 2 is 2.07 bits per heavy atom. The van der Waals surface area contributed by atoms with Crippen LogP contribution >= 0.6 is 0 Å². The fourth-order valence-corrected chi connectivity index (χ4v) is 0.902. The van der Waals surface area contributed by atoms with Crippen LogP contribution in [0.1, 0.15) is 12.5 Å². The number of esters is 1. The van der Waals surface area contributed by atoms with Crippen molar-refractivity contribution < 1.29 is 14.4 Å². The molecule has 0 aromatic heterocycles. The quantitative estimate of drug-likeness (QED) is 0.575. The molecule has 0 aliphatic carbocycles. The Balaban J connectivity index is 2.38. The van der Waals surface area contributed by atoms with Gasteiger partial charge in [0.25, 0.3) is 0 Å². The molecule has 2 N–H and O–H groups in total. The summed E-state index contributed by atoms with van der Waals surface area (Å²) in [5.74, 6) is 4.38. The molecule has 0 aliphatic heterocycles. The van der Waals surface area contributed by atoms with Crippen molar-refractivity contribution in [1.82, 2.24) is 0 Å². The zero-order valence-electron chi connectivity index (χ0n) is 7.97. The molecule has 0 heterocycles. The third-order valence-electron chi connectivity index (χ3n) is 1.76. The van der Waals surface area contributed by atoms with Crippen LogP contribution in [-0.4, -0.2) is 12.1 Å². The van der Waals surface area contributed by atoms with Crippen molar-refractivity contribution >= 4 is 5.97 Å². The standard InChI is InChI=1S/C10H13NO3/c1-8(14-11)10(12)13-7-9-5-3-2-4-6-9/h2-6,8H,7,11H2,1H3. The second-order valence-electron chi connectivity index (χ2n) is 2.87. The predicted molar refractivity (Wildman–Crippen MR) is 51.0 cm³/mol. The molecule has 1 rings (SSSR count). The molecule has 4 nitrogen and oxygen atoms in total. The molecule has 4 heteroatoms. The van der Waals surface area contributed by atoms with Gasteiger partial charge < -0.3 is 4.74 Å². The van der Waals surface area contributed by atoms with Crippen molar-refractivity contribution in [2.24, 2.45) is 5.90 Å². The summed E-state index contributed by atoms with van der Waals surface area (Å²) in [6.45, 7) is 1.78. The second kappa shape index (κ2) is 5.36. The Morgan fingerprint density at radius 1 is 1.43 bits per heavy atom. The number of hydrogen-bond acceptors (Lipinski definition) is 4. The van der Waals surface area contributed by atoms with E-state index in [0.717, 1.165) is 5.56 Å². The summed E-state index contributed by atoms with van der Waals surface area (Å²) >= 11 is 0. The van der Waals surface area contributed by atoms with Crippen LogP contribution in [0.25, 0.3) is 0 Å². The van der Waals surface area contributed by atoms with Crippen molar-refractivity contribution in [2.75, 3.05) is 0 Å². The van der Waals surface area contributed by atoms with Crippen molar-refractivity contribution in [2.45, 2.75) is 19.6 Å². The van der Waals surface area contributed by atoms with Crippen LogP contribution < -0.4 is 5.90 Å². The van der Waals surface area contributed by atoms with Gasteiger partial charge in [-0.2, -0.15) is 0 Å². The summed E-state index contributed by atoms with van der Waals surface area (Å²) < 4.78 is 4.94. The van der Waals surface area contributed by atoms with E-state index in [-0.39, 0.29) is 6.61 Å². The van der Waals surface area contributed by atoms with Gasteiger partial charge in [-0.3, -0.25) is 4.84 Å². The molecular weight excluding hydrogens is 182 g/mol. The highest BCUT2D eigenvalue weighted by atomic mass is 16.6. The number of hydrogen-bond donors (Lipinski definition) is 1. The minimum Gasteiger partial charge on any atom is -0.459 e. The normalized spacial score (nSPS) is 12.1. The minimum absolute atomic E-state index is 0.243. The first kappa shape index (κ1) is 10.7. The molecule has 0 saturated heterocycles. The average molecular weight is 195 g/mol. The highest BCUT2D eigenvalue weighted by Gasteiger charge is 2.13. The van der Waals surface area contributed by atoms with E-state index in [1.54, 1.807) is 0 Å². The van der Waals surface area contributed by atoms with Crippen molar-refractivity contribution in [3.63, 3.8) is 0 Å². The van der Waals surface area contributed by atoms with Gasteiger partial charge in [-0.05, 0) is 12.5 Å². The molecule has 0 bridgehead atoms. The Bertz CT molecular complexity index is 287. The molecule has 1 unspecified atom stereocenters. The summed E-state index contributed by atoms with van der Waals surface area (Å²) in [5, 5.41) is 0. The number of nitrogens with two attached hydrogens (primary N) is 1. The van der Waals surface area contributed by atoms with E-state index in [1.165, 1.54) is 6.92 Å². The maximum atomic E-state index is 11.1. The van der Waals surface area contributed by atoms with E-state index < -0.39 is 12.1 Å². The smallest absolute Gasteiger partial charge is 0.337 e. The molecule has 0 amide bonds. The first-order valence-electron chi connectivity index (χ1n) is 4.30. The van der Waals surface area contributed by atoms with Gasteiger partial charge in [0.2, 0.25) is 0 Å². The Hall–Kier alpha value is -1.39. The molecule has 0 radical (unpaired) electrons. The number of ether oxygens (including phenoxy) is 1. The predicted octanol–water partition coefficient (Wildman–Crippen LogP) is 1.01. The van der Waals surface area contributed by atoms with E-state index in [1.807, 2.05) is 30.3 Å². The third kappa shape index (κ3) is 3.16. The van der Waals surface area contributed by atoms with E-state index in [0.29, 0.717) is 0 Å². The molecule has 14 heavy (non-hydrogen) atoms. The van der Waals surface area contributed by atoms with Crippen LogP contribution in [0, 0.1) is 0 Å². The van der Waals surface area contributed by atoms with Crippen molar-refractivity contribution in [3.8, 4) is 0 Å². The van der Waals surface area contributed by atoms with Gasteiger partial charge >= 0.3 is 5.97 Å². The lowest BCUT2D eigenvalue weighted by Gasteiger charge is -2.08. The number of carbonyl (C=O) groups is 1. The Morgan fingerprint density at radius 3 is 2.64 bits per heavy atom. The number of rotatable bonds is 4. The second-order valence-corrected chi connectivity index (χ2v) is 2.87. The highest BCUT2D eigenvalue weighted by molar-refractivity contribution is 5.74. The summed E-state index contributed by atoms with van der Waals surface area (Å²) in [4.78, 5) is 15.4. The first-order chi connectivity index (χ1) is 6.74. The van der Waals surface area contributed by atoms with Crippen LogP contribution in [0.5, 0.6) is 0 Å². The van der Waals surface area contributed by atoms with Crippen molar-refractivity contribution in [1.29, 1.82) is 0 Å². The van der Waals surface area contributed by atoms with E-state index in [9.17, 15) is 4.79 Å². The molecule has 1 atom stereocenters. The lowest BCUT2D eigenvalue weighted by molar-refractivity contribution is -0.157. The summed E-state index contributed by atoms with van der Waals surface area (Å²) in [6, 6.07) is 9.41. The number of benzene rings is 1. The highest BCUT2D eigenvalue weighted by Crippen LogP contribution is 2.02. The molecule has 0 saturated carbocycles. The van der Waals surface area contributed by atoms with Crippen LogP contribution in [0.15, 0.2) is 30.3 Å². The summed E-state index contributed by atoms with van der Waals surface area (Å²) in [6.07, 6.45) is -0.723. The molecule has 76 valence electrons. The van der Waals surface area contributed by atoms with E-state index >= 15 is 0 Å². The van der Waals surface area contributed by atoms with E-state index in [4.69, 9.17) is 10.6 Å². The maximum absolute atomic E-state index is 11.1. The van der Waals surface area contributed by atoms with Crippen LogP contribution in [0.4, 0.5) is 0 Å². The SMILES string of the molecule is CC(ON)C(=O)OCc1ccccc1. The van der Waals surface area contributed by atoms with Gasteiger partial charge in [-0.25, -0.2) is 10.7 Å². The molecule has 0 fully saturated rings. The maximum Gasteiger partial charge on any atom is 0.337 e. The van der Waals surface area contributed by atoms with E-state index in [2.05, 4.69) is 4.84 Å². The minimum atomic E-state index is -0.723. The Kier molecular flexibility index (Phi) is 4.10. The van der Waals surface area contributed by atoms with Crippen molar-refractivity contribution in [3.05, 3.63) is 35.9 Å². The topological polar surface area (TPSA) is 61.5 Å². The van der Waals surface area contributed by atoms with Crippen LogP contribution in [0.3, 0.4) is 0 Å². The lowest BCUT2D eigenvalue weighted by Crippen LogP contribution is -2.25. The monoisotopic (exact) mass is 195 g/mol. The number of carbonyl (C=O) groups excluding carboxylic acids is 1. The third-order valence-corrected chi connectivity index (χ3v) is 1.76. The van der Waals surface area contributed by atoms with Gasteiger partial charge in [0.05, 0.1) is 0 Å². The molecule has 1 aromatic carbocycles.